The quantitative estimate of drug-likeness (QED) is 0.794. The highest BCUT2D eigenvalue weighted by molar-refractivity contribution is 6.34. The van der Waals surface area contributed by atoms with E-state index in [0.717, 1.165) is 0 Å². The first-order valence-corrected chi connectivity index (χ1v) is 6.35. The van der Waals surface area contributed by atoms with Gasteiger partial charge in [-0.2, -0.15) is 0 Å². The number of fused-ring (bicyclic) bond motifs is 1. The molecule has 0 aliphatic heterocycles. The summed E-state index contributed by atoms with van der Waals surface area (Å²) in [7, 11) is 0. The van der Waals surface area contributed by atoms with Crippen LogP contribution in [0.1, 0.15) is 20.8 Å². The van der Waals surface area contributed by atoms with Gasteiger partial charge in [-0.1, -0.05) is 23.7 Å². The summed E-state index contributed by atoms with van der Waals surface area (Å²) in [6, 6.07) is 6.92. The van der Waals surface area contributed by atoms with Crippen LogP contribution in [0.4, 0.5) is 4.79 Å². The number of carbonyl (C=O) groups is 2. The van der Waals surface area contributed by atoms with E-state index in [0.29, 0.717) is 10.9 Å². The minimum absolute atomic E-state index is 0.00699. The minimum atomic E-state index is -0.655. The fraction of sp³-hybridized carbons (Fsp3) is 0.286. The second-order valence-electron chi connectivity index (χ2n) is 5.17. The van der Waals surface area contributed by atoms with Crippen LogP contribution in [0.25, 0.3) is 10.9 Å². The van der Waals surface area contributed by atoms with Crippen molar-refractivity contribution >= 4 is 35.1 Å². The molecule has 5 nitrogen and oxygen atoms in total. The average molecular weight is 296 g/mol. The summed E-state index contributed by atoms with van der Waals surface area (Å²) in [4.78, 5) is 22.8. The number of aromatic nitrogens is 1. The van der Waals surface area contributed by atoms with Crippen molar-refractivity contribution in [2.24, 2.45) is 0 Å². The van der Waals surface area contributed by atoms with Crippen molar-refractivity contribution in [2.45, 2.75) is 26.4 Å². The lowest BCUT2D eigenvalue weighted by Crippen LogP contribution is -2.27. The summed E-state index contributed by atoms with van der Waals surface area (Å²) in [5.41, 5.74) is -0.138. The summed E-state index contributed by atoms with van der Waals surface area (Å²) in [6.45, 7) is 5.54. The molecule has 0 bridgehead atoms. The first-order valence-electron chi connectivity index (χ1n) is 5.98. The first-order chi connectivity index (χ1) is 9.35. The van der Waals surface area contributed by atoms with Crippen molar-refractivity contribution in [2.75, 3.05) is 0 Å². The SMILES string of the molecule is CC(C)(C)OC(=O)n1c(Cl)c(OC=O)c2ccccc21. The Morgan fingerprint density at radius 3 is 2.55 bits per heavy atom. The van der Waals surface area contributed by atoms with E-state index >= 15 is 0 Å². The molecule has 0 spiro atoms. The highest BCUT2D eigenvalue weighted by atomic mass is 35.5. The molecule has 0 aliphatic carbocycles. The molecule has 0 radical (unpaired) electrons. The highest BCUT2D eigenvalue weighted by Crippen LogP contribution is 2.37. The van der Waals surface area contributed by atoms with Crippen LogP contribution >= 0.6 is 11.6 Å². The van der Waals surface area contributed by atoms with Crippen LogP contribution in [0.15, 0.2) is 24.3 Å². The number of rotatable bonds is 2. The maximum absolute atomic E-state index is 12.2. The van der Waals surface area contributed by atoms with Crippen molar-refractivity contribution < 1.29 is 19.1 Å². The molecule has 2 aromatic rings. The largest absolute Gasteiger partial charge is 0.443 e. The Labute approximate surface area is 121 Å². The van der Waals surface area contributed by atoms with Crippen molar-refractivity contribution in [1.29, 1.82) is 0 Å². The molecule has 6 heteroatoms. The molecule has 0 fully saturated rings. The number of hydrogen-bond acceptors (Lipinski definition) is 4. The number of para-hydroxylation sites is 1. The Balaban J connectivity index is 2.61. The lowest BCUT2D eigenvalue weighted by atomic mass is 10.2. The van der Waals surface area contributed by atoms with E-state index in [9.17, 15) is 9.59 Å². The summed E-state index contributed by atoms with van der Waals surface area (Å²) < 4.78 is 11.4. The number of nitrogens with zero attached hydrogens (tertiary/aromatic N) is 1. The highest BCUT2D eigenvalue weighted by Gasteiger charge is 2.25. The maximum Gasteiger partial charge on any atom is 0.420 e. The Morgan fingerprint density at radius 2 is 1.95 bits per heavy atom. The normalized spacial score (nSPS) is 11.4. The monoisotopic (exact) mass is 295 g/mol. The van der Waals surface area contributed by atoms with Crippen molar-refractivity contribution in [3.05, 3.63) is 29.4 Å². The van der Waals surface area contributed by atoms with Crippen LogP contribution < -0.4 is 4.74 Å². The molecule has 20 heavy (non-hydrogen) atoms. The van der Waals surface area contributed by atoms with E-state index in [1.54, 1.807) is 45.0 Å². The molecule has 0 aliphatic rings. The first kappa shape index (κ1) is 14.4. The third-order valence-electron chi connectivity index (χ3n) is 2.52. The number of benzene rings is 1. The van der Waals surface area contributed by atoms with Crippen LogP contribution in [-0.4, -0.2) is 22.7 Å². The fourth-order valence-corrected chi connectivity index (χ4v) is 2.13. The summed E-state index contributed by atoms with van der Waals surface area (Å²) >= 11 is 6.13. The predicted molar refractivity (Wildman–Crippen MR) is 75.3 cm³/mol. The zero-order valence-corrected chi connectivity index (χ0v) is 12.1. The van der Waals surface area contributed by atoms with Gasteiger partial charge in [-0.15, -0.1) is 0 Å². The zero-order chi connectivity index (χ0) is 14.9. The number of carbonyl (C=O) groups excluding carboxylic acids is 2. The lowest BCUT2D eigenvalue weighted by molar-refractivity contribution is -0.120. The Bertz CT molecular complexity index is 670. The van der Waals surface area contributed by atoms with Gasteiger partial charge in [-0.05, 0) is 32.9 Å². The van der Waals surface area contributed by atoms with Gasteiger partial charge in [0.05, 0.1) is 5.52 Å². The standard InChI is InChI=1S/C14H14ClNO4/c1-14(2,3)20-13(18)16-10-7-5-4-6-9(10)11(12(16)15)19-8-17/h4-8H,1-3H3. The molecule has 0 unspecified atom stereocenters. The van der Waals surface area contributed by atoms with Crippen molar-refractivity contribution in [1.82, 2.24) is 4.57 Å². The van der Waals surface area contributed by atoms with E-state index in [2.05, 4.69) is 0 Å². The molecule has 1 heterocycles. The summed E-state index contributed by atoms with van der Waals surface area (Å²) in [5.74, 6) is 0.142. The summed E-state index contributed by atoms with van der Waals surface area (Å²) in [5, 5.41) is 0.572. The number of hydrogen-bond donors (Lipinski definition) is 0. The van der Waals surface area contributed by atoms with Gasteiger partial charge >= 0.3 is 6.09 Å². The molecular weight excluding hydrogens is 282 g/mol. The van der Waals surface area contributed by atoms with Crippen molar-refractivity contribution in [3.8, 4) is 5.75 Å². The smallest absolute Gasteiger partial charge is 0.420 e. The molecule has 106 valence electrons. The second-order valence-corrected chi connectivity index (χ2v) is 5.52. The number of ether oxygens (including phenoxy) is 2. The van der Waals surface area contributed by atoms with Gasteiger partial charge in [0, 0.05) is 5.39 Å². The molecule has 0 atom stereocenters. The van der Waals surface area contributed by atoms with Crippen LogP contribution in [0, 0.1) is 0 Å². The zero-order valence-electron chi connectivity index (χ0n) is 11.3. The van der Waals surface area contributed by atoms with Crippen LogP contribution in [0.5, 0.6) is 5.75 Å². The lowest BCUT2D eigenvalue weighted by Gasteiger charge is -2.20. The van der Waals surface area contributed by atoms with Gasteiger partial charge in [-0.3, -0.25) is 4.79 Å². The van der Waals surface area contributed by atoms with Gasteiger partial charge in [0.1, 0.15) is 5.60 Å². The van der Waals surface area contributed by atoms with E-state index in [-0.39, 0.29) is 17.4 Å². The van der Waals surface area contributed by atoms with Crippen LogP contribution in [0.3, 0.4) is 0 Å². The molecule has 0 saturated heterocycles. The van der Waals surface area contributed by atoms with Crippen LogP contribution in [-0.2, 0) is 9.53 Å². The molecule has 1 aromatic heterocycles. The van der Waals surface area contributed by atoms with Gasteiger partial charge in [-0.25, -0.2) is 9.36 Å². The average Bonchev–Trinajstić information content (AvgIpc) is 2.61. The molecule has 0 saturated carbocycles. The minimum Gasteiger partial charge on any atom is -0.443 e. The Kier molecular flexibility index (Phi) is 3.72. The van der Waals surface area contributed by atoms with Gasteiger partial charge in [0.25, 0.3) is 6.47 Å². The third-order valence-corrected chi connectivity index (χ3v) is 2.86. The van der Waals surface area contributed by atoms with E-state index < -0.39 is 11.7 Å². The fourth-order valence-electron chi connectivity index (χ4n) is 1.83. The van der Waals surface area contributed by atoms with E-state index in [1.165, 1.54) is 4.57 Å². The predicted octanol–water partition coefficient (Wildman–Crippen LogP) is 3.61. The molecule has 1 aromatic carbocycles. The topological polar surface area (TPSA) is 57.5 Å². The van der Waals surface area contributed by atoms with E-state index in [1.807, 2.05) is 0 Å². The second kappa shape index (κ2) is 5.17. The molecular formula is C14H14ClNO4. The van der Waals surface area contributed by atoms with Gasteiger partial charge < -0.3 is 9.47 Å². The van der Waals surface area contributed by atoms with Gasteiger partial charge in [0.2, 0.25) is 0 Å². The maximum atomic E-state index is 12.2. The summed E-state index contributed by atoms with van der Waals surface area (Å²) in [6.07, 6.45) is -0.626. The third kappa shape index (κ3) is 2.63. The molecule has 0 N–H and O–H groups in total. The molecule has 0 amide bonds. The van der Waals surface area contributed by atoms with Gasteiger partial charge in [0.15, 0.2) is 10.9 Å². The van der Waals surface area contributed by atoms with Crippen molar-refractivity contribution in [3.63, 3.8) is 0 Å². The molecule has 2 rings (SSSR count). The van der Waals surface area contributed by atoms with Crippen LogP contribution in [0.2, 0.25) is 5.15 Å². The Hall–Kier alpha value is -2.01. The number of halogens is 1. The van der Waals surface area contributed by atoms with E-state index in [4.69, 9.17) is 21.1 Å². The Morgan fingerprint density at radius 1 is 1.30 bits per heavy atom.